The predicted octanol–water partition coefficient (Wildman–Crippen LogP) is 2.59. The van der Waals surface area contributed by atoms with Crippen LogP contribution in [0.2, 0.25) is 0 Å². The third-order valence-electron chi connectivity index (χ3n) is 4.12. The van der Waals surface area contributed by atoms with E-state index in [0.29, 0.717) is 6.42 Å². The topological polar surface area (TPSA) is 79.4 Å². The van der Waals surface area contributed by atoms with Crippen LogP contribution < -0.4 is 10.5 Å². The van der Waals surface area contributed by atoms with Gasteiger partial charge in [0.05, 0.1) is 25.6 Å². The smallest absolute Gasteiger partial charge is 0.322 e. The van der Waals surface area contributed by atoms with Gasteiger partial charge in [-0.15, -0.1) is 0 Å². The average Bonchev–Trinajstić information content (AvgIpc) is 3.11. The number of carbonyl (C=O) groups is 1. The lowest BCUT2D eigenvalue weighted by Crippen LogP contribution is -2.33. The van der Waals surface area contributed by atoms with Gasteiger partial charge in [0, 0.05) is 23.7 Å². The highest BCUT2D eigenvalue weighted by Gasteiger charge is 2.20. The van der Waals surface area contributed by atoms with Crippen LogP contribution in [-0.4, -0.2) is 36.0 Å². The normalized spacial score (nSPS) is 11.8. The highest BCUT2D eigenvalue weighted by atomic mass is 16.5. The Kier molecular flexibility index (Phi) is 5.34. The molecule has 0 saturated heterocycles. The van der Waals surface area contributed by atoms with E-state index in [9.17, 15) is 4.79 Å². The van der Waals surface area contributed by atoms with E-state index < -0.39 is 12.0 Å². The summed E-state index contributed by atoms with van der Waals surface area (Å²) in [5.74, 6) is 0.321. The predicted molar refractivity (Wildman–Crippen MR) is 99.2 cm³/mol. The van der Waals surface area contributed by atoms with Crippen molar-refractivity contribution >= 4 is 5.97 Å². The van der Waals surface area contributed by atoms with E-state index in [-0.39, 0.29) is 0 Å². The van der Waals surface area contributed by atoms with Crippen molar-refractivity contribution in [3.63, 3.8) is 0 Å². The van der Waals surface area contributed by atoms with E-state index in [1.165, 1.54) is 7.11 Å². The van der Waals surface area contributed by atoms with E-state index in [1.54, 1.807) is 11.8 Å². The molecule has 3 aromatic rings. The molecule has 26 heavy (non-hydrogen) atoms. The fraction of sp³-hybridized carbons (Fsp3) is 0.200. The number of carbonyl (C=O) groups excluding carboxylic acids is 1. The second kappa shape index (κ2) is 7.84. The van der Waals surface area contributed by atoms with Gasteiger partial charge in [-0.25, -0.2) is 4.68 Å². The molecule has 1 heterocycles. The van der Waals surface area contributed by atoms with Gasteiger partial charge in [-0.1, -0.05) is 18.2 Å². The van der Waals surface area contributed by atoms with Crippen molar-refractivity contribution in [3.05, 3.63) is 66.4 Å². The number of rotatable bonds is 6. The minimum atomic E-state index is -0.745. The van der Waals surface area contributed by atoms with Gasteiger partial charge in [0.25, 0.3) is 0 Å². The fourth-order valence-electron chi connectivity index (χ4n) is 2.74. The number of benzene rings is 2. The maximum atomic E-state index is 11.7. The van der Waals surface area contributed by atoms with Crippen LogP contribution in [-0.2, 0) is 16.0 Å². The first-order chi connectivity index (χ1) is 12.6. The molecule has 0 aliphatic carbocycles. The van der Waals surface area contributed by atoms with Gasteiger partial charge in [0.2, 0.25) is 0 Å². The van der Waals surface area contributed by atoms with Crippen molar-refractivity contribution in [3.8, 4) is 22.7 Å². The molecule has 6 heteroatoms. The largest absolute Gasteiger partial charge is 0.497 e. The van der Waals surface area contributed by atoms with Crippen LogP contribution in [0.1, 0.15) is 5.56 Å². The van der Waals surface area contributed by atoms with Crippen LogP contribution in [0.15, 0.2) is 60.8 Å². The molecule has 0 saturated carbocycles. The van der Waals surface area contributed by atoms with E-state index in [0.717, 1.165) is 28.3 Å². The van der Waals surface area contributed by atoms with Crippen LogP contribution in [0.3, 0.4) is 0 Å². The van der Waals surface area contributed by atoms with Gasteiger partial charge in [-0.05, 0) is 36.4 Å². The van der Waals surface area contributed by atoms with Gasteiger partial charge in [0.15, 0.2) is 0 Å². The molecule has 1 aromatic heterocycles. The molecule has 0 aliphatic heterocycles. The molecule has 134 valence electrons. The Morgan fingerprint density at radius 2 is 1.81 bits per heavy atom. The van der Waals surface area contributed by atoms with Crippen LogP contribution in [0.5, 0.6) is 5.75 Å². The Morgan fingerprint density at radius 1 is 1.12 bits per heavy atom. The van der Waals surface area contributed by atoms with Crippen molar-refractivity contribution in [1.82, 2.24) is 9.78 Å². The number of ether oxygens (including phenoxy) is 2. The Balaban J connectivity index is 2.02. The second-order valence-electron chi connectivity index (χ2n) is 5.85. The zero-order chi connectivity index (χ0) is 18.5. The summed E-state index contributed by atoms with van der Waals surface area (Å²) in [6.07, 6.45) is 2.23. The number of aromatic nitrogens is 2. The molecule has 1 unspecified atom stereocenters. The molecule has 0 radical (unpaired) electrons. The number of hydrogen-bond acceptors (Lipinski definition) is 5. The number of esters is 1. The zero-order valence-electron chi connectivity index (χ0n) is 14.8. The van der Waals surface area contributed by atoms with Crippen molar-refractivity contribution in [2.75, 3.05) is 14.2 Å². The van der Waals surface area contributed by atoms with Crippen molar-refractivity contribution < 1.29 is 14.3 Å². The summed E-state index contributed by atoms with van der Waals surface area (Å²) in [5, 5.41) is 4.71. The number of nitrogens with two attached hydrogens (primary N) is 1. The summed E-state index contributed by atoms with van der Waals surface area (Å²) in [5.41, 5.74) is 9.47. The van der Waals surface area contributed by atoms with Crippen molar-refractivity contribution in [2.24, 2.45) is 5.73 Å². The molecule has 0 bridgehead atoms. The maximum Gasteiger partial charge on any atom is 0.322 e. The molecular formula is C20H21N3O3. The summed E-state index contributed by atoms with van der Waals surface area (Å²) >= 11 is 0. The summed E-state index contributed by atoms with van der Waals surface area (Å²) in [4.78, 5) is 11.7. The fourth-order valence-corrected chi connectivity index (χ4v) is 2.74. The Hall–Kier alpha value is -3.12. The molecule has 6 nitrogen and oxygen atoms in total. The first kappa shape index (κ1) is 17.7. The molecule has 0 fully saturated rings. The minimum absolute atomic E-state index is 0.334. The van der Waals surface area contributed by atoms with E-state index in [2.05, 4.69) is 0 Å². The second-order valence-corrected chi connectivity index (χ2v) is 5.85. The number of hydrogen-bond donors (Lipinski definition) is 1. The molecule has 2 N–H and O–H groups in total. The highest BCUT2D eigenvalue weighted by Crippen LogP contribution is 2.26. The van der Waals surface area contributed by atoms with E-state index >= 15 is 0 Å². The molecule has 0 amide bonds. The van der Waals surface area contributed by atoms with Crippen LogP contribution >= 0.6 is 0 Å². The lowest BCUT2D eigenvalue weighted by molar-refractivity contribution is -0.142. The van der Waals surface area contributed by atoms with E-state index in [4.69, 9.17) is 20.3 Å². The van der Waals surface area contributed by atoms with Gasteiger partial charge in [-0.2, -0.15) is 5.10 Å². The van der Waals surface area contributed by atoms with Crippen LogP contribution in [0.4, 0.5) is 0 Å². The maximum absolute atomic E-state index is 11.7. The first-order valence-electron chi connectivity index (χ1n) is 8.24. The molecule has 0 aliphatic rings. The number of methoxy groups -OCH3 is 2. The molecule has 3 rings (SSSR count). The lowest BCUT2D eigenvalue weighted by Gasteiger charge is -2.09. The molecule has 0 spiro atoms. The van der Waals surface area contributed by atoms with Gasteiger partial charge in [-0.3, -0.25) is 4.79 Å². The quantitative estimate of drug-likeness (QED) is 0.691. The monoisotopic (exact) mass is 351 g/mol. The molecule has 2 aromatic carbocycles. The SMILES string of the molecule is COC(=O)C(N)Cc1cn(-c2ccccc2)nc1-c1ccc(OC)cc1. The van der Waals surface area contributed by atoms with E-state index in [1.807, 2.05) is 60.8 Å². The molecular weight excluding hydrogens is 330 g/mol. The lowest BCUT2D eigenvalue weighted by atomic mass is 10.0. The number of para-hydroxylation sites is 1. The van der Waals surface area contributed by atoms with Crippen LogP contribution in [0, 0.1) is 0 Å². The van der Waals surface area contributed by atoms with Gasteiger partial charge < -0.3 is 15.2 Å². The first-order valence-corrected chi connectivity index (χ1v) is 8.24. The van der Waals surface area contributed by atoms with Crippen molar-refractivity contribution in [1.29, 1.82) is 0 Å². The standard InChI is InChI=1S/C20H21N3O3/c1-25-17-10-8-14(9-11-17)19-15(12-18(21)20(24)26-2)13-23(22-19)16-6-4-3-5-7-16/h3-11,13,18H,12,21H2,1-2H3. The Morgan fingerprint density at radius 3 is 2.42 bits per heavy atom. The molecule has 1 atom stereocenters. The Labute approximate surface area is 152 Å². The van der Waals surface area contributed by atoms with Gasteiger partial charge >= 0.3 is 5.97 Å². The summed E-state index contributed by atoms with van der Waals surface area (Å²) in [6, 6.07) is 16.7. The summed E-state index contributed by atoms with van der Waals surface area (Å²) in [7, 11) is 2.96. The van der Waals surface area contributed by atoms with Gasteiger partial charge in [0.1, 0.15) is 11.8 Å². The third-order valence-corrected chi connectivity index (χ3v) is 4.12. The third kappa shape index (κ3) is 3.75. The Bertz CT molecular complexity index is 873. The number of nitrogens with zero attached hydrogens (tertiary/aromatic N) is 2. The average molecular weight is 351 g/mol. The van der Waals surface area contributed by atoms with Crippen LogP contribution in [0.25, 0.3) is 16.9 Å². The minimum Gasteiger partial charge on any atom is -0.497 e. The summed E-state index contributed by atoms with van der Waals surface area (Å²) < 4.78 is 11.7. The summed E-state index contributed by atoms with van der Waals surface area (Å²) in [6.45, 7) is 0. The van der Waals surface area contributed by atoms with Crippen molar-refractivity contribution in [2.45, 2.75) is 12.5 Å². The zero-order valence-corrected chi connectivity index (χ0v) is 14.8. The highest BCUT2D eigenvalue weighted by molar-refractivity contribution is 5.76.